The van der Waals surface area contributed by atoms with E-state index in [1.54, 1.807) is 12.3 Å². The minimum Gasteiger partial charge on any atom is -0.348 e. The first-order valence-corrected chi connectivity index (χ1v) is 5.96. The highest BCUT2D eigenvalue weighted by Crippen LogP contribution is 2.05. The molecule has 0 fully saturated rings. The molecular weight excluding hydrogens is 214 g/mol. The molecule has 1 aromatic rings. The molecule has 0 aromatic carbocycles. The highest BCUT2D eigenvalue weighted by Gasteiger charge is 2.13. The maximum atomic E-state index is 11.9. The average Bonchev–Trinajstić information content (AvgIpc) is 2.28. The lowest BCUT2D eigenvalue weighted by Gasteiger charge is -2.18. The SMILES string of the molecule is Cc1ccc(C(=O)NC(CN)CC(C)C)cn1. The van der Waals surface area contributed by atoms with Crippen LogP contribution in [0.5, 0.6) is 0 Å². The molecule has 0 radical (unpaired) electrons. The van der Waals surface area contributed by atoms with E-state index < -0.39 is 0 Å². The van der Waals surface area contributed by atoms with E-state index >= 15 is 0 Å². The van der Waals surface area contributed by atoms with Gasteiger partial charge in [0.1, 0.15) is 0 Å². The molecule has 0 saturated heterocycles. The maximum Gasteiger partial charge on any atom is 0.253 e. The summed E-state index contributed by atoms with van der Waals surface area (Å²) in [6.07, 6.45) is 2.48. The summed E-state index contributed by atoms with van der Waals surface area (Å²) in [4.78, 5) is 16.0. The molecule has 1 rings (SSSR count). The van der Waals surface area contributed by atoms with E-state index in [2.05, 4.69) is 24.1 Å². The Hall–Kier alpha value is -1.42. The average molecular weight is 235 g/mol. The van der Waals surface area contributed by atoms with Crippen LogP contribution in [0.1, 0.15) is 36.3 Å². The lowest BCUT2D eigenvalue weighted by molar-refractivity contribution is 0.0933. The maximum absolute atomic E-state index is 11.9. The van der Waals surface area contributed by atoms with Crippen molar-refractivity contribution in [2.75, 3.05) is 6.54 Å². The molecule has 94 valence electrons. The first kappa shape index (κ1) is 13.6. The van der Waals surface area contributed by atoms with E-state index in [4.69, 9.17) is 5.73 Å². The summed E-state index contributed by atoms with van der Waals surface area (Å²) < 4.78 is 0. The van der Waals surface area contributed by atoms with Crippen LogP contribution in [-0.4, -0.2) is 23.5 Å². The second kappa shape index (κ2) is 6.35. The fourth-order valence-electron chi connectivity index (χ4n) is 1.65. The molecule has 1 aromatic heterocycles. The van der Waals surface area contributed by atoms with Gasteiger partial charge in [0.05, 0.1) is 5.56 Å². The summed E-state index contributed by atoms with van der Waals surface area (Å²) in [5.41, 5.74) is 7.12. The normalized spacial score (nSPS) is 12.5. The Balaban J connectivity index is 2.61. The molecule has 0 aliphatic heterocycles. The second-order valence-electron chi connectivity index (χ2n) is 4.72. The zero-order valence-electron chi connectivity index (χ0n) is 10.7. The number of pyridine rings is 1. The molecule has 17 heavy (non-hydrogen) atoms. The van der Waals surface area contributed by atoms with Crippen molar-refractivity contribution in [1.29, 1.82) is 0 Å². The van der Waals surface area contributed by atoms with Gasteiger partial charge in [-0.25, -0.2) is 0 Å². The summed E-state index contributed by atoms with van der Waals surface area (Å²) in [5.74, 6) is 0.411. The Bertz CT molecular complexity index is 359. The van der Waals surface area contributed by atoms with Crippen molar-refractivity contribution in [2.24, 2.45) is 11.7 Å². The monoisotopic (exact) mass is 235 g/mol. The highest BCUT2D eigenvalue weighted by atomic mass is 16.1. The molecule has 0 bridgehead atoms. The quantitative estimate of drug-likeness (QED) is 0.812. The van der Waals surface area contributed by atoms with Gasteiger partial charge in [-0.05, 0) is 31.4 Å². The molecule has 3 N–H and O–H groups in total. The summed E-state index contributed by atoms with van der Waals surface area (Å²) in [6.45, 7) is 6.58. The third kappa shape index (κ3) is 4.53. The van der Waals surface area contributed by atoms with Gasteiger partial charge < -0.3 is 11.1 Å². The number of carbonyl (C=O) groups is 1. The van der Waals surface area contributed by atoms with Crippen molar-refractivity contribution in [3.63, 3.8) is 0 Å². The number of nitrogens with one attached hydrogen (secondary N) is 1. The predicted octanol–water partition coefficient (Wildman–Crippen LogP) is 1.49. The second-order valence-corrected chi connectivity index (χ2v) is 4.72. The van der Waals surface area contributed by atoms with E-state index in [0.29, 0.717) is 18.0 Å². The van der Waals surface area contributed by atoms with Crippen LogP contribution >= 0.6 is 0 Å². The Kier molecular flexibility index (Phi) is 5.10. The molecule has 0 saturated carbocycles. The first-order valence-electron chi connectivity index (χ1n) is 5.96. The van der Waals surface area contributed by atoms with Gasteiger partial charge in [-0.3, -0.25) is 9.78 Å². The van der Waals surface area contributed by atoms with Gasteiger partial charge in [-0.2, -0.15) is 0 Å². The van der Waals surface area contributed by atoms with E-state index in [-0.39, 0.29) is 11.9 Å². The van der Waals surface area contributed by atoms with E-state index in [9.17, 15) is 4.79 Å². The third-order valence-electron chi connectivity index (χ3n) is 2.55. The zero-order valence-corrected chi connectivity index (χ0v) is 10.7. The number of aryl methyl sites for hydroxylation is 1. The van der Waals surface area contributed by atoms with Crippen LogP contribution in [0.2, 0.25) is 0 Å². The van der Waals surface area contributed by atoms with Gasteiger partial charge in [0, 0.05) is 24.5 Å². The number of nitrogens with two attached hydrogens (primary N) is 1. The fourth-order valence-corrected chi connectivity index (χ4v) is 1.65. The van der Waals surface area contributed by atoms with Crippen molar-refractivity contribution in [3.8, 4) is 0 Å². The predicted molar refractivity (Wildman–Crippen MR) is 68.7 cm³/mol. The van der Waals surface area contributed by atoms with Gasteiger partial charge in [-0.15, -0.1) is 0 Å². The van der Waals surface area contributed by atoms with Crippen LogP contribution in [0.15, 0.2) is 18.3 Å². The molecular formula is C13H21N3O. The van der Waals surface area contributed by atoms with Gasteiger partial charge in [0.25, 0.3) is 5.91 Å². The Labute approximate surface area is 103 Å². The molecule has 0 aliphatic carbocycles. The van der Waals surface area contributed by atoms with Crippen molar-refractivity contribution in [2.45, 2.75) is 33.2 Å². The Morgan fingerprint density at radius 1 is 1.47 bits per heavy atom. The highest BCUT2D eigenvalue weighted by molar-refractivity contribution is 5.94. The van der Waals surface area contributed by atoms with Crippen molar-refractivity contribution < 1.29 is 4.79 Å². The molecule has 0 aliphatic rings. The van der Waals surface area contributed by atoms with E-state index in [1.807, 2.05) is 13.0 Å². The van der Waals surface area contributed by atoms with Gasteiger partial charge >= 0.3 is 0 Å². The number of amides is 1. The fraction of sp³-hybridized carbons (Fsp3) is 0.538. The molecule has 0 spiro atoms. The van der Waals surface area contributed by atoms with Gasteiger partial charge in [-0.1, -0.05) is 13.8 Å². The van der Waals surface area contributed by atoms with Crippen LogP contribution in [0.4, 0.5) is 0 Å². The third-order valence-corrected chi connectivity index (χ3v) is 2.55. The number of nitrogens with zero attached hydrogens (tertiary/aromatic N) is 1. The molecule has 1 unspecified atom stereocenters. The summed E-state index contributed by atoms with van der Waals surface area (Å²) in [5, 5.41) is 2.93. The van der Waals surface area contributed by atoms with Crippen LogP contribution < -0.4 is 11.1 Å². The van der Waals surface area contributed by atoms with Crippen molar-refractivity contribution in [3.05, 3.63) is 29.6 Å². The number of hydrogen-bond donors (Lipinski definition) is 2. The minimum absolute atomic E-state index is 0.0313. The lowest BCUT2D eigenvalue weighted by Crippen LogP contribution is -2.41. The molecule has 1 atom stereocenters. The molecule has 1 heterocycles. The molecule has 1 amide bonds. The van der Waals surface area contributed by atoms with Crippen LogP contribution in [0.25, 0.3) is 0 Å². The van der Waals surface area contributed by atoms with Crippen LogP contribution in [0.3, 0.4) is 0 Å². The number of hydrogen-bond acceptors (Lipinski definition) is 3. The van der Waals surface area contributed by atoms with E-state index in [0.717, 1.165) is 12.1 Å². The first-order chi connectivity index (χ1) is 8.02. The molecule has 4 nitrogen and oxygen atoms in total. The number of aromatic nitrogens is 1. The smallest absolute Gasteiger partial charge is 0.253 e. The standard InChI is InChI=1S/C13H21N3O/c1-9(2)6-12(7-14)16-13(17)11-5-4-10(3)15-8-11/h4-5,8-9,12H,6-7,14H2,1-3H3,(H,16,17). The largest absolute Gasteiger partial charge is 0.348 e. The van der Waals surface area contributed by atoms with E-state index in [1.165, 1.54) is 0 Å². The number of rotatable bonds is 5. The minimum atomic E-state index is -0.103. The number of carbonyl (C=O) groups excluding carboxylic acids is 1. The van der Waals surface area contributed by atoms with Crippen molar-refractivity contribution >= 4 is 5.91 Å². The summed E-state index contributed by atoms with van der Waals surface area (Å²) in [7, 11) is 0. The summed E-state index contributed by atoms with van der Waals surface area (Å²) in [6, 6.07) is 3.64. The molecule has 4 heteroatoms. The van der Waals surface area contributed by atoms with Crippen molar-refractivity contribution in [1.82, 2.24) is 10.3 Å². The Morgan fingerprint density at radius 2 is 2.18 bits per heavy atom. The van der Waals surface area contributed by atoms with Gasteiger partial charge in [0.15, 0.2) is 0 Å². The lowest BCUT2D eigenvalue weighted by atomic mass is 10.0. The topological polar surface area (TPSA) is 68.0 Å². The van der Waals surface area contributed by atoms with Gasteiger partial charge in [0.2, 0.25) is 0 Å². The van der Waals surface area contributed by atoms with Crippen LogP contribution in [0, 0.1) is 12.8 Å². The summed E-state index contributed by atoms with van der Waals surface area (Å²) >= 11 is 0. The van der Waals surface area contributed by atoms with Crippen LogP contribution in [-0.2, 0) is 0 Å². The zero-order chi connectivity index (χ0) is 12.8. The Morgan fingerprint density at radius 3 is 2.65 bits per heavy atom.